The average molecular weight is 643 g/mol. The molecule has 0 saturated carbocycles. The van der Waals surface area contributed by atoms with E-state index in [4.69, 9.17) is 26.6 Å². The second-order valence-corrected chi connectivity index (χ2v) is 16.4. The maximum atomic E-state index is 6.98. The van der Waals surface area contributed by atoms with Gasteiger partial charge in [0.1, 0.15) is 34.5 Å². The van der Waals surface area contributed by atoms with Gasteiger partial charge in [0, 0.05) is 0 Å². The Balaban J connectivity index is 1.58. The van der Waals surface area contributed by atoms with Crippen molar-refractivity contribution in [2.24, 2.45) is 0 Å². The molecule has 6 aromatic carbocycles. The van der Waals surface area contributed by atoms with Gasteiger partial charge < -0.3 is 26.6 Å². The van der Waals surface area contributed by atoms with Crippen molar-refractivity contribution in [2.45, 2.75) is 12.1 Å². The molecular weight excluding hydrogens is 609 g/mol. The van der Waals surface area contributed by atoms with Gasteiger partial charge in [-0.3, -0.25) is 0 Å². The van der Waals surface area contributed by atoms with Gasteiger partial charge in [-0.1, -0.05) is 109 Å². The summed E-state index contributed by atoms with van der Waals surface area (Å²) in [5.41, 5.74) is 0. The molecule has 0 spiro atoms. The van der Waals surface area contributed by atoms with E-state index in [2.05, 4.69) is 0 Å². The number of rotatable bonds is 14. The molecule has 8 heteroatoms. The number of hydrogen-bond donors (Lipinski definition) is 0. The first-order valence-electron chi connectivity index (χ1n) is 15.1. The smallest absolute Gasteiger partial charge is 0.483 e. The monoisotopic (exact) mass is 642 g/mol. The molecule has 6 nitrogen and oxygen atoms in total. The normalized spacial score (nSPS) is 11.3. The summed E-state index contributed by atoms with van der Waals surface area (Å²) in [6.45, 7) is 1.97. The largest absolute Gasteiger partial charge is 0.710 e. The van der Waals surface area contributed by atoms with Gasteiger partial charge in [-0.05, 0) is 79.7 Å². The van der Waals surface area contributed by atoms with Crippen molar-refractivity contribution in [3.8, 4) is 34.5 Å². The zero-order valence-corrected chi connectivity index (χ0v) is 27.3. The van der Waals surface area contributed by atoms with E-state index < -0.39 is 22.8 Å². The Kier molecular flexibility index (Phi) is 9.67. The quantitative estimate of drug-likeness (QED) is 0.110. The van der Waals surface area contributed by atoms with Gasteiger partial charge in [-0.25, -0.2) is 0 Å². The van der Waals surface area contributed by atoms with Crippen LogP contribution >= 0.6 is 0 Å². The maximum Gasteiger partial charge on any atom is 0.710 e. The Hall–Kier alpha value is -5.45. The van der Waals surface area contributed by atoms with Crippen LogP contribution in [0.2, 0.25) is 5.16 Å². The van der Waals surface area contributed by atoms with Crippen molar-refractivity contribution in [3.63, 3.8) is 0 Å². The highest BCUT2D eigenvalue weighted by Crippen LogP contribution is 2.40. The highest BCUT2D eigenvalue weighted by molar-refractivity contribution is 6.84. The van der Waals surface area contributed by atoms with Crippen molar-refractivity contribution in [1.82, 2.24) is 0 Å². The third kappa shape index (κ3) is 7.61. The molecule has 0 radical (unpaired) electrons. The fraction of sp³-hybridized carbons (Fsp3) is 0.0526. The molecule has 0 heterocycles. The highest BCUT2D eigenvalue weighted by atomic mass is 28.5. The molecule has 230 valence electrons. The number of hydrogen-bond acceptors (Lipinski definition) is 6. The molecule has 6 aromatic rings. The lowest BCUT2D eigenvalue weighted by atomic mass is 10.3. The average Bonchev–Trinajstić information content (AvgIpc) is 3.10. The summed E-state index contributed by atoms with van der Waals surface area (Å²) in [6, 6.07) is 57.2. The first kappa shape index (κ1) is 30.6. The standard InChI is InChI=1S/C38H34O6Si2/c1-32(45(39-33-20-8-2-9-21-33,40-34-22-10-3-11-23-34)41-35-24-12-4-13-25-35)46(42-36-26-14-5-15-27-36,43-37-28-16-6-17-29-37)44-38-30-18-7-19-31-38/h2-32H,1H3. The zero-order valence-electron chi connectivity index (χ0n) is 25.3. The van der Waals surface area contributed by atoms with E-state index in [1.165, 1.54) is 0 Å². The molecule has 0 saturated heterocycles. The SMILES string of the molecule is CC([Si](Oc1ccccc1)(Oc1ccccc1)Oc1ccccc1)[Si](Oc1ccccc1)(Oc1ccccc1)Oc1ccccc1. The molecule has 0 amide bonds. The molecule has 0 aliphatic rings. The maximum absolute atomic E-state index is 6.98. The second-order valence-electron chi connectivity index (χ2n) is 10.4. The van der Waals surface area contributed by atoms with Gasteiger partial charge in [0.25, 0.3) is 0 Å². The predicted molar refractivity (Wildman–Crippen MR) is 183 cm³/mol. The third-order valence-corrected chi connectivity index (χ3v) is 14.4. The second kappa shape index (κ2) is 14.6. The van der Waals surface area contributed by atoms with Crippen molar-refractivity contribution >= 4 is 17.6 Å². The molecule has 6 rings (SSSR count). The fourth-order valence-corrected chi connectivity index (χ4v) is 11.7. The van der Waals surface area contributed by atoms with Gasteiger partial charge in [-0.15, -0.1) is 0 Å². The van der Waals surface area contributed by atoms with E-state index in [1.807, 2.05) is 189 Å². The summed E-state index contributed by atoms with van der Waals surface area (Å²) in [7, 11) is -8.06. The van der Waals surface area contributed by atoms with E-state index >= 15 is 0 Å². The summed E-state index contributed by atoms with van der Waals surface area (Å²) in [6.07, 6.45) is 0. The molecule has 46 heavy (non-hydrogen) atoms. The van der Waals surface area contributed by atoms with Crippen molar-refractivity contribution in [1.29, 1.82) is 0 Å². The van der Waals surface area contributed by atoms with Gasteiger partial charge in [0.2, 0.25) is 0 Å². The summed E-state index contributed by atoms with van der Waals surface area (Å²) in [5.74, 6) is 3.47. The van der Waals surface area contributed by atoms with Gasteiger partial charge >= 0.3 is 17.6 Å². The van der Waals surface area contributed by atoms with Crippen LogP contribution in [-0.4, -0.2) is 17.6 Å². The first-order valence-corrected chi connectivity index (χ1v) is 18.7. The van der Waals surface area contributed by atoms with Crippen LogP contribution in [0, 0.1) is 0 Å². The van der Waals surface area contributed by atoms with Gasteiger partial charge in [0.05, 0.1) is 0 Å². The number of benzene rings is 6. The van der Waals surface area contributed by atoms with Crippen LogP contribution in [-0.2, 0) is 0 Å². The van der Waals surface area contributed by atoms with Crippen LogP contribution < -0.4 is 26.6 Å². The lowest BCUT2D eigenvalue weighted by Gasteiger charge is -2.40. The predicted octanol–water partition coefficient (Wildman–Crippen LogP) is 9.27. The number of para-hydroxylation sites is 6. The summed E-state index contributed by atoms with van der Waals surface area (Å²) in [5, 5.41) is -0.707. The van der Waals surface area contributed by atoms with E-state index in [9.17, 15) is 0 Å². The molecule has 0 aliphatic heterocycles. The molecule has 0 atom stereocenters. The molecule has 0 N–H and O–H groups in total. The van der Waals surface area contributed by atoms with Crippen molar-refractivity contribution in [3.05, 3.63) is 182 Å². The van der Waals surface area contributed by atoms with E-state index in [0.29, 0.717) is 34.5 Å². The molecule has 0 aromatic heterocycles. The van der Waals surface area contributed by atoms with Crippen LogP contribution in [0.15, 0.2) is 182 Å². The Labute approximate surface area is 272 Å². The molecule has 0 fully saturated rings. The Bertz CT molecular complexity index is 1410. The molecule has 0 bridgehead atoms. The van der Waals surface area contributed by atoms with Crippen molar-refractivity contribution in [2.75, 3.05) is 0 Å². The van der Waals surface area contributed by atoms with Crippen LogP contribution in [0.5, 0.6) is 34.5 Å². The summed E-state index contributed by atoms with van der Waals surface area (Å²) in [4.78, 5) is 0. The molecule has 0 aliphatic carbocycles. The fourth-order valence-electron chi connectivity index (χ4n) is 4.79. The van der Waals surface area contributed by atoms with Crippen LogP contribution in [0.1, 0.15) is 6.92 Å². The van der Waals surface area contributed by atoms with Gasteiger partial charge in [0.15, 0.2) is 5.16 Å². The van der Waals surface area contributed by atoms with E-state index in [-0.39, 0.29) is 0 Å². The van der Waals surface area contributed by atoms with Crippen LogP contribution in [0.25, 0.3) is 0 Å². The van der Waals surface area contributed by atoms with E-state index in [0.717, 1.165) is 0 Å². The molecular formula is C38H34O6Si2. The topological polar surface area (TPSA) is 55.4 Å². The minimum atomic E-state index is -4.03. The highest BCUT2D eigenvalue weighted by Gasteiger charge is 2.73. The summed E-state index contributed by atoms with van der Waals surface area (Å²) >= 11 is 0. The Morgan fingerprint density at radius 2 is 0.435 bits per heavy atom. The Morgan fingerprint density at radius 1 is 0.283 bits per heavy atom. The lowest BCUT2D eigenvalue weighted by Crippen LogP contribution is -2.71. The minimum Gasteiger partial charge on any atom is -0.483 e. The Morgan fingerprint density at radius 3 is 0.587 bits per heavy atom. The van der Waals surface area contributed by atoms with E-state index in [1.54, 1.807) is 0 Å². The molecule has 0 unspecified atom stereocenters. The third-order valence-electron chi connectivity index (χ3n) is 7.08. The lowest BCUT2D eigenvalue weighted by molar-refractivity contribution is 0.213. The zero-order chi connectivity index (χ0) is 31.5. The minimum absolute atomic E-state index is 0.579. The van der Waals surface area contributed by atoms with Crippen LogP contribution in [0.3, 0.4) is 0 Å². The van der Waals surface area contributed by atoms with Crippen molar-refractivity contribution < 1.29 is 26.6 Å². The first-order chi connectivity index (χ1) is 22.6. The van der Waals surface area contributed by atoms with Gasteiger partial charge in [-0.2, -0.15) is 0 Å². The summed E-state index contributed by atoms with van der Waals surface area (Å²) < 4.78 is 41.9. The van der Waals surface area contributed by atoms with Crippen LogP contribution in [0.4, 0.5) is 0 Å².